The van der Waals surface area contributed by atoms with Crippen LogP contribution in [0.2, 0.25) is 0 Å². The van der Waals surface area contributed by atoms with Gasteiger partial charge in [0.15, 0.2) is 0 Å². The summed E-state index contributed by atoms with van der Waals surface area (Å²) >= 11 is 3.42. The molecule has 2 N–H and O–H groups in total. The molecule has 1 aromatic carbocycles. The van der Waals surface area contributed by atoms with Gasteiger partial charge in [-0.1, -0.05) is 28.9 Å². The van der Waals surface area contributed by atoms with E-state index in [1.54, 1.807) is 7.11 Å². The van der Waals surface area contributed by atoms with Crippen LogP contribution in [0.1, 0.15) is 24.8 Å². The molecule has 0 fully saturated rings. The van der Waals surface area contributed by atoms with E-state index in [0.717, 1.165) is 16.6 Å². The highest BCUT2D eigenvalue weighted by atomic mass is 79.9. The van der Waals surface area contributed by atoms with Gasteiger partial charge in [-0.25, -0.2) is 0 Å². The van der Waals surface area contributed by atoms with E-state index in [9.17, 15) is 0 Å². The maximum absolute atomic E-state index is 5.54. The lowest BCUT2D eigenvalue weighted by molar-refractivity contribution is 0.405. The third-order valence-corrected chi connectivity index (χ3v) is 2.82. The summed E-state index contributed by atoms with van der Waals surface area (Å²) in [5.41, 5.74) is 6.76. The Bertz CT molecular complexity index is 301. The molecule has 2 nitrogen and oxygen atoms in total. The highest BCUT2D eigenvalue weighted by molar-refractivity contribution is 9.10. The molecule has 0 radical (unpaired) electrons. The molecule has 0 aliphatic heterocycles. The molecule has 0 aliphatic carbocycles. The van der Waals surface area contributed by atoms with Crippen LogP contribution in [0, 0.1) is 0 Å². The third-order valence-electron chi connectivity index (χ3n) is 2.33. The summed E-state index contributed by atoms with van der Waals surface area (Å²) in [6.07, 6.45) is 0.984. The first-order valence-electron chi connectivity index (χ1n) is 4.72. The molecule has 0 spiro atoms. The van der Waals surface area contributed by atoms with E-state index in [-0.39, 0.29) is 0 Å². The van der Waals surface area contributed by atoms with Crippen molar-refractivity contribution in [3.8, 4) is 5.75 Å². The Morgan fingerprint density at radius 1 is 1.50 bits per heavy atom. The van der Waals surface area contributed by atoms with Crippen LogP contribution < -0.4 is 10.5 Å². The quantitative estimate of drug-likeness (QED) is 0.901. The number of rotatable bonds is 4. The van der Waals surface area contributed by atoms with Crippen molar-refractivity contribution in [2.75, 3.05) is 13.7 Å². The highest BCUT2D eigenvalue weighted by Crippen LogP contribution is 2.30. The second kappa shape index (κ2) is 5.37. The van der Waals surface area contributed by atoms with Crippen molar-refractivity contribution in [1.29, 1.82) is 0 Å². The Balaban J connectivity index is 2.95. The number of benzene rings is 1. The topological polar surface area (TPSA) is 35.2 Å². The molecule has 14 heavy (non-hydrogen) atoms. The van der Waals surface area contributed by atoms with Crippen LogP contribution in [0.25, 0.3) is 0 Å². The first-order chi connectivity index (χ1) is 6.69. The van der Waals surface area contributed by atoms with Crippen LogP contribution in [0.15, 0.2) is 22.7 Å². The molecule has 1 unspecified atom stereocenters. The Kier molecular flexibility index (Phi) is 4.42. The van der Waals surface area contributed by atoms with Gasteiger partial charge in [-0.15, -0.1) is 0 Å². The predicted molar refractivity (Wildman–Crippen MR) is 62.8 cm³/mol. The molecule has 3 heteroatoms. The van der Waals surface area contributed by atoms with Crippen molar-refractivity contribution in [1.82, 2.24) is 0 Å². The lowest BCUT2D eigenvalue weighted by Gasteiger charge is -2.14. The SMILES string of the molecule is COc1cc(Br)ccc1C(C)CCN. The van der Waals surface area contributed by atoms with Crippen LogP contribution >= 0.6 is 15.9 Å². The number of hydrogen-bond acceptors (Lipinski definition) is 2. The molecule has 78 valence electrons. The fraction of sp³-hybridized carbons (Fsp3) is 0.455. The van der Waals surface area contributed by atoms with Gasteiger partial charge in [0.1, 0.15) is 5.75 Å². The third kappa shape index (κ3) is 2.72. The van der Waals surface area contributed by atoms with Gasteiger partial charge in [0.25, 0.3) is 0 Å². The Morgan fingerprint density at radius 2 is 2.21 bits per heavy atom. The van der Waals surface area contributed by atoms with Crippen molar-refractivity contribution < 1.29 is 4.74 Å². The molecule has 0 bridgehead atoms. The van der Waals surface area contributed by atoms with Crippen LogP contribution in [0.3, 0.4) is 0 Å². The van der Waals surface area contributed by atoms with Crippen molar-refractivity contribution in [3.05, 3.63) is 28.2 Å². The molecule has 0 heterocycles. The standard InChI is InChI=1S/C11H16BrNO/c1-8(5-6-13)10-4-3-9(12)7-11(10)14-2/h3-4,7-8H,5-6,13H2,1-2H3. The smallest absolute Gasteiger partial charge is 0.123 e. The summed E-state index contributed by atoms with van der Waals surface area (Å²) < 4.78 is 6.36. The van der Waals surface area contributed by atoms with E-state index in [1.807, 2.05) is 12.1 Å². The number of methoxy groups -OCH3 is 1. The first kappa shape index (κ1) is 11.5. The van der Waals surface area contributed by atoms with Crippen molar-refractivity contribution in [2.24, 2.45) is 5.73 Å². The average Bonchev–Trinajstić information content (AvgIpc) is 2.17. The fourth-order valence-electron chi connectivity index (χ4n) is 1.50. The molecule has 0 amide bonds. The zero-order valence-electron chi connectivity index (χ0n) is 8.59. The summed E-state index contributed by atoms with van der Waals surface area (Å²) in [5, 5.41) is 0. The van der Waals surface area contributed by atoms with Crippen molar-refractivity contribution >= 4 is 15.9 Å². The summed E-state index contributed by atoms with van der Waals surface area (Å²) in [6, 6.07) is 6.11. The highest BCUT2D eigenvalue weighted by Gasteiger charge is 2.10. The second-order valence-electron chi connectivity index (χ2n) is 3.36. The minimum Gasteiger partial charge on any atom is -0.496 e. The number of halogens is 1. The molecule has 1 atom stereocenters. The van der Waals surface area contributed by atoms with Crippen molar-refractivity contribution in [2.45, 2.75) is 19.3 Å². The Morgan fingerprint density at radius 3 is 2.79 bits per heavy atom. The van der Waals surface area contributed by atoms with E-state index >= 15 is 0 Å². The summed E-state index contributed by atoms with van der Waals surface area (Å²) in [6.45, 7) is 2.87. The zero-order chi connectivity index (χ0) is 10.6. The van der Waals surface area contributed by atoms with Gasteiger partial charge in [0.2, 0.25) is 0 Å². The molecule has 1 aromatic rings. The molecular weight excluding hydrogens is 242 g/mol. The predicted octanol–water partition coefficient (Wildman–Crippen LogP) is 2.91. The van der Waals surface area contributed by atoms with E-state index in [1.165, 1.54) is 5.56 Å². The van der Waals surface area contributed by atoms with Crippen LogP contribution in [-0.2, 0) is 0 Å². The second-order valence-corrected chi connectivity index (χ2v) is 4.28. The maximum atomic E-state index is 5.54. The molecular formula is C11H16BrNO. The van der Waals surface area contributed by atoms with E-state index < -0.39 is 0 Å². The lowest BCUT2D eigenvalue weighted by atomic mass is 9.97. The van der Waals surface area contributed by atoms with Crippen LogP contribution in [-0.4, -0.2) is 13.7 Å². The van der Waals surface area contributed by atoms with E-state index in [2.05, 4.69) is 28.9 Å². The number of ether oxygens (including phenoxy) is 1. The normalized spacial score (nSPS) is 12.6. The van der Waals surface area contributed by atoms with Gasteiger partial charge >= 0.3 is 0 Å². The fourth-order valence-corrected chi connectivity index (χ4v) is 1.84. The molecule has 0 aliphatic rings. The van der Waals surface area contributed by atoms with Gasteiger partial charge in [0.05, 0.1) is 7.11 Å². The minimum atomic E-state index is 0.447. The number of hydrogen-bond donors (Lipinski definition) is 1. The van der Waals surface area contributed by atoms with E-state index in [0.29, 0.717) is 12.5 Å². The first-order valence-corrected chi connectivity index (χ1v) is 5.51. The Labute approximate surface area is 93.6 Å². The maximum Gasteiger partial charge on any atom is 0.123 e. The van der Waals surface area contributed by atoms with Gasteiger partial charge in [0, 0.05) is 4.47 Å². The largest absolute Gasteiger partial charge is 0.496 e. The van der Waals surface area contributed by atoms with Gasteiger partial charge in [-0.3, -0.25) is 0 Å². The monoisotopic (exact) mass is 257 g/mol. The summed E-state index contributed by atoms with van der Waals surface area (Å²) in [4.78, 5) is 0. The van der Waals surface area contributed by atoms with Crippen LogP contribution in [0.4, 0.5) is 0 Å². The number of nitrogens with two attached hydrogens (primary N) is 1. The lowest BCUT2D eigenvalue weighted by Crippen LogP contribution is -2.05. The van der Waals surface area contributed by atoms with E-state index in [4.69, 9.17) is 10.5 Å². The molecule has 0 saturated heterocycles. The molecule has 1 rings (SSSR count). The zero-order valence-corrected chi connectivity index (χ0v) is 10.2. The van der Waals surface area contributed by atoms with Gasteiger partial charge < -0.3 is 10.5 Å². The summed E-state index contributed by atoms with van der Waals surface area (Å²) in [5.74, 6) is 1.38. The molecule has 0 saturated carbocycles. The molecule has 0 aromatic heterocycles. The van der Waals surface area contributed by atoms with Gasteiger partial charge in [-0.05, 0) is 36.6 Å². The Hall–Kier alpha value is -0.540. The minimum absolute atomic E-state index is 0.447. The van der Waals surface area contributed by atoms with Gasteiger partial charge in [-0.2, -0.15) is 0 Å². The summed E-state index contributed by atoms with van der Waals surface area (Å²) in [7, 11) is 1.69. The van der Waals surface area contributed by atoms with Crippen molar-refractivity contribution in [3.63, 3.8) is 0 Å². The van der Waals surface area contributed by atoms with Crippen LogP contribution in [0.5, 0.6) is 5.75 Å². The average molecular weight is 258 g/mol.